The fraction of sp³-hybridized carbons (Fsp3) is 0.500. The lowest BCUT2D eigenvalue weighted by molar-refractivity contribution is 0.0927. The molecule has 0 aliphatic heterocycles. The van der Waals surface area contributed by atoms with Crippen molar-refractivity contribution in [2.45, 2.75) is 37.0 Å². The van der Waals surface area contributed by atoms with E-state index in [0.29, 0.717) is 15.3 Å². The lowest BCUT2D eigenvalue weighted by atomic mass is 9.94. The fourth-order valence-electron chi connectivity index (χ4n) is 2.49. The van der Waals surface area contributed by atoms with Crippen molar-refractivity contribution in [1.82, 2.24) is 5.32 Å². The van der Waals surface area contributed by atoms with E-state index >= 15 is 0 Å². The molecule has 0 aromatic heterocycles. The van der Waals surface area contributed by atoms with Crippen LogP contribution in [0, 0.1) is 5.82 Å². The molecule has 0 bridgehead atoms. The highest BCUT2D eigenvalue weighted by Crippen LogP contribution is 2.28. The van der Waals surface area contributed by atoms with E-state index in [-0.39, 0.29) is 17.6 Å². The molecule has 0 radical (unpaired) electrons. The number of carbonyl (C=O) groups is 1. The Morgan fingerprint density at radius 3 is 2.95 bits per heavy atom. The predicted octanol–water partition coefficient (Wildman–Crippen LogP) is 3.57. The van der Waals surface area contributed by atoms with Gasteiger partial charge in [-0.1, -0.05) is 6.42 Å². The van der Waals surface area contributed by atoms with Crippen molar-refractivity contribution in [2.75, 3.05) is 12.0 Å². The molecular weight excluding hydrogens is 343 g/mol. The third kappa shape index (κ3) is 3.67. The highest BCUT2D eigenvalue weighted by atomic mass is 79.9. The summed E-state index contributed by atoms with van der Waals surface area (Å²) in [6.07, 6.45) is 6.42. The summed E-state index contributed by atoms with van der Waals surface area (Å²) in [6.45, 7) is 0. The molecule has 20 heavy (non-hydrogen) atoms. The molecule has 1 aliphatic rings. The van der Waals surface area contributed by atoms with Gasteiger partial charge in [0.05, 0.1) is 11.3 Å². The number of halogens is 2. The molecule has 1 fully saturated rings. The standard InChI is InChI=1S/C14H18BrFN2OS/c1-20-9-4-2-3-8(5-9)18-14(19)10-6-13(17)12(16)7-11(10)15/h6-9H,2-5,17H2,1H3,(H,18,19). The van der Waals surface area contributed by atoms with E-state index in [1.54, 1.807) is 0 Å². The van der Waals surface area contributed by atoms with Gasteiger partial charge in [-0.2, -0.15) is 11.8 Å². The lowest BCUT2D eigenvalue weighted by Gasteiger charge is -2.28. The SMILES string of the molecule is CSC1CCCC(NC(=O)c2cc(N)c(F)cc2Br)C1. The normalized spacial score (nSPS) is 22.6. The molecule has 0 spiro atoms. The van der Waals surface area contributed by atoms with Crippen molar-refractivity contribution >= 4 is 39.3 Å². The summed E-state index contributed by atoms with van der Waals surface area (Å²) < 4.78 is 13.7. The van der Waals surface area contributed by atoms with Crippen molar-refractivity contribution in [1.29, 1.82) is 0 Å². The van der Waals surface area contributed by atoms with E-state index in [0.717, 1.165) is 19.3 Å². The third-order valence-electron chi connectivity index (χ3n) is 3.63. The van der Waals surface area contributed by atoms with Crippen LogP contribution in [0.1, 0.15) is 36.0 Å². The molecule has 2 atom stereocenters. The zero-order chi connectivity index (χ0) is 14.7. The Labute approximate surface area is 131 Å². The Balaban J connectivity index is 2.06. The number of nitrogen functional groups attached to an aromatic ring is 1. The largest absolute Gasteiger partial charge is 0.396 e. The molecule has 1 aromatic rings. The quantitative estimate of drug-likeness (QED) is 0.810. The van der Waals surface area contributed by atoms with Crippen molar-refractivity contribution in [2.24, 2.45) is 0 Å². The molecule has 110 valence electrons. The van der Waals surface area contributed by atoms with E-state index in [1.165, 1.54) is 18.6 Å². The summed E-state index contributed by atoms with van der Waals surface area (Å²) in [5, 5.41) is 3.63. The summed E-state index contributed by atoms with van der Waals surface area (Å²) in [7, 11) is 0. The van der Waals surface area contributed by atoms with Gasteiger partial charge in [-0.15, -0.1) is 0 Å². The summed E-state index contributed by atoms with van der Waals surface area (Å²) in [6, 6.07) is 2.80. The number of nitrogens with two attached hydrogens (primary N) is 1. The minimum absolute atomic E-state index is 0.0102. The summed E-state index contributed by atoms with van der Waals surface area (Å²) in [4.78, 5) is 12.3. The minimum atomic E-state index is -0.520. The molecule has 0 saturated heterocycles. The lowest BCUT2D eigenvalue weighted by Crippen LogP contribution is -2.39. The van der Waals surface area contributed by atoms with Crippen LogP contribution in [0.4, 0.5) is 10.1 Å². The summed E-state index contributed by atoms with van der Waals surface area (Å²) in [5.41, 5.74) is 5.90. The average molecular weight is 361 g/mol. The number of carbonyl (C=O) groups excluding carboxylic acids is 1. The molecule has 1 aromatic carbocycles. The smallest absolute Gasteiger partial charge is 0.252 e. The number of anilines is 1. The Bertz CT molecular complexity index is 512. The molecule has 2 rings (SSSR count). The number of rotatable bonds is 3. The average Bonchev–Trinajstić information content (AvgIpc) is 2.43. The Hall–Kier alpha value is -0.750. The van der Waals surface area contributed by atoms with E-state index in [1.807, 2.05) is 11.8 Å². The van der Waals surface area contributed by atoms with Gasteiger partial charge in [0.15, 0.2) is 0 Å². The van der Waals surface area contributed by atoms with Crippen molar-refractivity contribution in [3.05, 3.63) is 28.0 Å². The van der Waals surface area contributed by atoms with Crippen molar-refractivity contribution in [3.63, 3.8) is 0 Å². The first-order chi connectivity index (χ1) is 9.51. The number of nitrogens with one attached hydrogen (secondary N) is 1. The van der Waals surface area contributed by atoms with Crippen LogP contribution in [0.3, 0.4) is 0 Å². The first-order valence-corrected chi connectivity index (χ1v) is 8.67. The molecule has 2 unspecified atom stereocenters. The van der Waals surface area contributed by atoms with Gasteiger partial charge in [0.2, 0.25) is 0 Å². The second-order valence-corrected chi connectivity index (χ2v) is 7.04. The molecule has 3 N–H and O–H groups in total. The Morgan fingerprint density at radius 2 is 2.25 bits per heavy atom. The molecule has 1 aliphatic carbocycles. The Kier molecular flexibility index (Phi) is 5.32. The molecule has 6 heteroatoms. The Morgan fingerprint density at radius 1 is 1.50 bits per heavy atom. The van der Waals surface area contributed by atoms with Crippen LogP contribution in [0.2, 0.25) is 0 Å². The van der Waals surface area contributed by atoms with E-state index in [9.17, 15) is 9.18 Å². The molecule has 1 saturated carbocycles. The summed E-state index contributed by atoms with van der Waals surface area (Å²) >= 11 is 5.06. The van der Waals surface area contributed by atoms with Crippen LogP contribution in [-0.4, -0.2) is 23.5 Å². The van der Waals surface area contributed by atoms with Crippen LogP contribution in [0.25, 0.3) is 0 Å². The van der Waals surface area contributed by atoms with Crippen LogP contribution in [-0.2, 0) is 0 Å². The second-order valence-electron chi connectivity index (χ2n) is 5.05. The highest BCUT2D eigenvalue weighted by Gasteiger charge is 2.24. The zero-order valence-electron chi connectivity index (χ0n) is 11.3. The maximum atomic E-state index is 13.3. The summed E-state index contributed by atoms with van der Waals surface area (Å²) in [5.74, 6) is -0.719. The maximum Gasteiger partial charge on any atom is 0.252 e. The van der Waals surface area contributed by atoms with E-state index in [2.05, 4.69) is 27.5 Å². The third-order valence-corrected chi connectivity index (χ3v) is 5.38. The first kappa shape index (κ1) is 15.6. The van der Waals surface area contributed by atoms with Crippen molar-refractivity contribution in [3.8, 4) is 0 Å². The predicted molar refractivity (Wildman–Crippen MR) is 85.5 cm³/mol. The zero-order valence-corrected chi connectivity index (χ0v) is 13.7. The second kappa shape index (κ2) is 6.80. The monoisotopic (exact) mass is 360 g/mol. The van der Waals surface area contributed by atoms with Crippen LogP contribution in [0.15, 0.2) is 16.6 Å². The van der Waals surface area contributed by atoms with Gasteiger partial charge in [0.1, 0.15) is 5.82 Å². The number of hydrogen-bond acceptors (Lipinski definition) is 3. The van der Waals surface area contributed by atoms with Gasteiger partial charge in [-0.25, -0.2) is 4.39 Å². The molecule has 1 amide bonds. The van der Waals surface area contributed by atoms with E-state index in [4.69, 9.17) is 5.73 Å². The molecule has 0 heterocycles. The van der Waals surface area contributed by atoms with Crippen LogP contribution in [0.5, 0.6) is 0 Å². The minimum Gasteiger partial charge on any atom is -0.396 e. The van der Waals surface area contributed by atoms with Gasteiger partial charge < -0.3 is 11.1 Å². The topological polar surface area (TPSA) is 55.1 Å². The van der Waals surface area contributed by atoms with Gasteiger partial charge in [-0.05, 0) is 53.6 Å². The number of amides is 1. The van der Waals surface area contributed by atoms with Gasteiger partial charge in [-0.3, -0.25) is 4.79 Å². The maximum absolute atomic E-state index is 13.3. The van der Waals surface area contributed by atoms with E-state index < -0.39 is 5.82 Å². The number of thioether (sulfide) groups is 1. The number of hydrogen-bond donors (Lipinski definition) is 2. The van der Waals surface area contributed by atoms with Crippen molar-refractivity contribution < 1.29 is 9.18 Å². The number of benzene rings is 1. The van der Waals surface area contributed by atoms with Gasteiger partial charge >= 0.3 is 0 Å². The van der Waals surface area contributed by atoms with Gasteiger partial charge in [0.25, 0.3) is 5.91 Å². The molecule has 3 nitrogen and oxygen atoms in total. The molecular formula is C14H18BrFN2OS. The fourth-order valence-corrected chi connectivity index (χ4v) is 3.82. The van der Waals surface area contributed by atoms with Crippen LogP contribution < -0.4 is 11.1 Å². The van der Waals surface area contributed by atoms with Gasteiger partial charge in [0, 0.05) is 15.8 Å². The van der Waals surface area contributed by atoms with Crippen LogP contribution >= 0.6 is 27.7 Å². The highest BCUT2D eigenvalue weighted by molar-refractivity contribution is 9.10. The first-order valence-electron chi connectivity index (χ1n) is 6.59.